The van der Waals surface area contributed by atoms with Gasteiger partial charge in [-0.2, -0.15) is 0 Å². The van der Waals surface area contributed by atoms with Crippen molar-refractivity contribution in [2.45, 2.75) is 52.5 Å². The Bertz CT molecular complexity index is 1220. The first-order valence-electron chi connectivity index (χ1n) is 15.2. The van der Waals surface area contributed by atoms with E-state index < -0.39 is 17.7 Å². The highest BCUT2D eigenvalue weighted by molar-refractivity contribution is 6.46. The molecule has 4 rings (SSSR count). The van der Waals surface area contributed by atoms with Crippen molar-refractivity contribution in [1.82, 2.24) is 9.80 Å². The summed E-state index contributed by atoms with van der Waals surface area (Å²) in [5.41, 5.74) is 1.17. The first-order chi connectivity index (χ1) is 20.5. The summed E-state index contributed by atoms with van der Waals surface area (Å²) in [5, 5.41) is 11.5. The standard InChI is InChI=1S/C33H44N2O7/c1-4-7-8-20-42-27-14-11-25(23-28(27)40-6-3)30-29(31(36)24-9-12-26(13-10-24)41-19-5-2)32(37)33(38)35(30)16-15-34-17-21-39-22-18-34/h9-14,23,30,36H,4-8,15-22H2,1-3H3. The van der Waals surface area contributed by atoms with Gasteiger partial charge in [0.05, 0.1) is 44.6 Å². The average Bonchev–Trinajstić information content (AvgIpc) is 3.27. The number of Topliss-reactive ketones (excluding diaryl/α,β-unsaturated/α-hetero) is 1. The number of aliphatic hydroxyl groups excluding tert-OH is 1. The lowest BCUT2D eigenvalue weighted by atomic mass is 9.95. The minimum atomic E-state index is -0.782. The molecule has 2 fully saturated rings. The van der Waals surface area contributed by atoms with Crippen LogP contribution in [0.1, 0.15) is 63.6 Å². The van der Waals surface area contributed by atoms with Crippen LogP contribution < -0.4 is 14.2 Å². The fourth-order valence-electron chi connectivity index (χ4n) is 5.23. The topological polar surface area (TPSA) is 97.8 Å². The molecule has 1 amide bonds. The van der Waals surface area contributed by atoms with Crippen molar-refractivity contribution in [3.8, 4) is 17.2 Å². The molecular formula is C33H44N2O7. The Morgan fingerprint density at radius 2 is 1.64 bits per heavy atom. The van der Waals surface area contributed by atoms with E-state index in [1.807, 2.05) is 32.0 Å². The molecule has 0 aromatic heterocycles. The fourth-order valence-corrected chi connectivity index (χ4v) is 5.23. The second kappa shape index (κ2) is 15.6. The van der Waals surface area contributed by atoms with Gasteiger partial charge in [-0.3, -0.25) is 14.5 Å². The molecule has 9 heteroatoms. The average molecular weight is 581 g/mol. The molecule has 228 valence electrons. The monoisotopic (exact) mass is 580 g/mol. The third-order valence-corrected chi connectivity index (χ3v) is 7.49. The van der Waals surface area contributed by atoms with Crippen molar-refractivity contribution in [3.05, 3.63) is 59.2 Å². The summed E-state index contributed by atoms with van der Waals surface area (Å²) >= 11 is 0. The van der Waals surface area contributed by atoms with E-state index in [1.54, 1.807) is 29.2 Å². The van der Waals surface area contributed by atoms with Crippen LogP contribution in [0.25, 0.3) is 5.76 Å². The van der Waals surface area contributed by atoms with Crippen molar-refractivity contribution in [1.29, 1.82) is 0 Å². The second-order valence-electron chi connectivity index (χ2n) is 10.5. The van der Waals surface area contributed by atoms with Crippen LogP contribution in [-0.2, 0) is 14.3 Å². The summed E-state index contributed by atoms with van der Waals surface area (Å²) in [6.45, 7) is 11.4. The third-order valence-electron chi connectivity index (χ3n) is 7.49. The molecule has 42 heavy (non-hydrogen) atoms. The van der Waals surface area contributed by atoms with E-state index >= 15 is 0 Å². The molecule has 2 aromatic carbocycles. The van der Waals surface area contributed by atoms with Gasteiger partial charge in [0, 0.05) is 31.7 Å². The zero-order chi connectivity index (χ0) is 29.9. The van der Waals surface area contributed by atoms with Gasteiger partial charge in [-0.25, -0.2) is 0 Å². The number of aliphatic hydroxyl groups is 1. The lowest BCUT2D eigenvalue weighted by Gasteiger charge is -2.31. The number of likely N-dealkylation sites (tertiary alicyclic amines) is 1. The van der Waals surface area contributed by atoms with E-state index in [9.17, 15) is 14.7 Å². The van der Waals surface area contributed by atoms with Gasteiger partial charge in [0.1, 0.15) is 11.5 Å². The Morgan fingerprint density at radius 3 is 2.33 bits per heavy atom. The summed E-state index contributed by atoms with van der Waals surface area (Å²) in [6, 6.07) is 11.6. The molecule has 1 unspecified atom stereocenters. The van der Waals surface area contributed by atoms with Gasteiger partial charge >= 0.3 is 0 Å². The molecule has 1 N–H and O–H groups in total. The Labute approximate surface area is 249 Å². The SMILES string of the molecule is CCCCCOc1ccc(C2C(=C(O)c3ccc(OCCC)cc3)C(=O)C(=O)N2CCN2CCOCC2)cc1OCC. The molecule has 9 nitrogen and oxygen atoms in total. The molecule has 0 saturated carbocycles. The molecule has 0 spiro atoms. The number of morpholine rings is 1. The Kier molecular flexibility index (Phi) is 11.7. The molecule has 1 atom stereocenters. The Hall–Kier alpha value is -3.56. The molecule has 0 bridgehead atoms. The first-order valence-corrected chi connectivity index (χ1v) is 15.2. The minimum Gasteiger partial charge on any atom is -0.507 e. The number of amides is 1. The summed E-state index contributed by atoms with van der Waals surface area (Å²) in [6.07, 6.45) is 3.99. The Morgan fingerprint density at radius 1 is 0.881 bits per heavy atom. The minimum absolute atomic E-state index is 0.0586. The highest BCUT2D eigenvalue weighted by atomic mass is 16.5. The zero-order valence-electron chi connectivity index (χ0n) is 25.1. The molecule has 2 aliphatic heterocycles. The van der Waals surface area contributed by atoms with Crippen LogP contribution in [0.3, 0.4) is 0 Å². The number of hydrogen-bond acceptors (Lipinski definition) is 8. The van der Waals surface area contributed by atoms with E-state index in [4.69, 9.17) is 18.9 Å². The predicted molar refractivity (Wildman–Crippen MR) is 161 cm³/mol. The zero-order valence-corrected chi connectivity index (χ0v) is 25.1. The van der Waals surface area contributed by atoms with Crippen LogP contribution in [0, 0.1) is 0 Å². The van der Waals surface area contributed by atoms with Crippen molar-refractivity contribution in [2.75, 3.05) is 59.2 Å². The Balaban J connectivity index is 1.71. The normalized spacial score (nSPS) is 18.8. The lowest BCUT2D eigenvalue weighted by molar-refractivity contribution is -0.140. The van der Waals surface area contributed by atoms with Crippen LogP contribution in [0.2, 0.25) is 0 Å². The number of ether oxygens (including phenoxy) is 4. The largest absolute Gasteiger partial charge is 0.507 e. The number of hydrogen-bond donors (Lipinski definition) is 1. The number of nitrogens with zero attached hydrogens (tertiary/aromatic N) is 2. The van der Waals surface area contributed by atoms with E-state index in [1.165, 1.54) is 0 Å². The number of benzene rings is 2. The summed E-state index contributed by atoms with van der Waals surface area (Å²) in [7, 11) is 0. The third kappa shape index (κ3) is 7.63. The summed E-state index contributed by atoms with van der Waals surface area (Å²) in [4.78, 5) is 30.8. The van der Waals surface area contributed by atoms with Gasteiger partial charge < -0.3 is 29.0 Å². The van der Waals surface area contributed by atoms with E-state index in [2.05, 4.69) is 11.8 Å². The molecule has 2 aromatic rings. The maximum atomic E-state index is 13.5. The van der Waals surface area contributed by atoms with Crippen LogP contribution in [0.15, 0.2) is 48.0 Å². The van der Waals surface area contributed by atoms with Crippen molar-refractivity contribution >= 4 is 17.4 Å². The maximum Gasteiger partial charge on any atom is 0.295 e. The van der Waals surface area contributed by atoms with Gasteiger partial charge in [-0.15, -0.1) is 0 Å². The highest BCUT2D eigenvalue weighted by Gasteiger charge is 2.46. The molecule has 0 radical (unpaired) electrons. The summed E-state index contributed by atoms with van der Waals surface area (Å²) < 4.78 is 23.1. The van der Waals surface area contributed by atoms with Gasteiger partial charge in [0.15, 0.2) is 11.5 Å². The van der Waals surface area contributed by atoms with Crippen LogP contribution in [0.4, 0.5) is 0 Å². The van der Waals surface area contributed by atoms with Crippen molar-refractivity contribution in [2.24, 2.45) is 0 Å². The van der Waals surface area contributed by atoms with Crippen molar-refractivity contribution in [3.63, 3.8) is 0 Å². The van der Waals surface area contributed by atoms with Gasteiger partial charge in [0.2, 0.25) is 0 Å². The lowest BCUT2D eigenvalue weighted by Crippen LogP contribution is -2.42. The molecular weight excluding hydrogens is 536 g/mol. The van der Waals surface area contributed by atoms with Crippen molar-refractivity contribution < 1.29 is 33.6 Å². The van der Waals surface area contributed by atoms with E-state index in [-0.39, 0.29) is 11.3 Å². The van der Waals surface area contributed by atoms with E-state index in [0.29, 0.717) is 74.5 Å². The van der Waals surface area contributed by atoms with Crippen LogP contribution in [0.5, 0.6) is 17.2 Å². The van der Waals surface area contributed by atoms with Gasteiger partial charge in [-0.05, 0) is 61.7 Å². The number of carbonyl (C=O) groups excluding carboxylic acids is 2. The summed E-state index contributed by atoms with van der Waals surface area (Å²) in [5.74, 6) is 0.283. The second-order valence-corrected chi connectivity index (χ2v) is 10.5. The molecule has 2 aliphatic rings. The molecule has 2 saturated heterocycles. The van der Waals surface area contributed by atoms with E-state index in [0.717, 1.165) is 38.8 Å². The number of unbranched alkanes of at least 4 members (excludes halogenated alkanes) is 2. The van der Waals surface area contributed by atoms with Crippen LogP contribution in [-0.4, -0.2) is 85.8 Å². The molecule has 2 heterocycles. The predicted octanol–water partition coefficient (Wildman–Crippen LogP) is 5.20. The molecule has 0 aliphatic carbocycles. The maximum absolute atomic E-state index is 13.5. The van der Waals surface area contributed by atoms with Crippen LogP contribution >= 0.6 is 0 Å². The number of carbonyl (C=O) groups is 2. The smallest absolute Gasteiger partial charge is 0.295 e. The first kappa shape index (κ1) is 31.4. The number of rotatable bonds is 15. The van der Waals surface area contributed by atoms with Gasteiger partial charge in [0.25, 0.3) is 11.7 Å². The van der Waals surface area contributed by atoms with Gasteiger partial charge in [-0.1, -0.05) is 32.8 Å². The quantitative estimate of drug-likeness (QED) is 0.133. The number of ketones is 1. The highest BCUT2D eigenvalue weighted by Crippen LogP contribution is 2.42. The fraction of sp³-hybridized carbons (Fsp3) is 0.515.